The molecule has 4 rings (SSSR count). The highest BCUT2D eigenvalue weighted by Gasteiger charge is 2.40. The fraction of sp³-hybridized carbons (Fsp3) is 0.286. The molecule has 4 aromatic heterocycles. The number of nitrogens with one attached hydrogen (secondary N) is 1. The van der Waals surface area contributed by atoms with Gasteiger partial charge >= 0.3 is 12.4 Å². The van der Waals surface area contributed by atoms with Crippen LogP contribution in [0.1, 0.15) is 44.2 Å². The molecule has 0 fully saturated rings. The Morgan fingerprint density at radius 2 is 1.82 bits per heavy atom. The van der Waals surface area contributed by atoms with Gasteiger partial charge in [0.2, 0.25) is 0 Å². The molecular weight excluding hydrogens is 564 g/mol. The number of carbonyl (C=O) groups excluding carboxylic acids is 2. The lowest BCUT2D eigenvalue weighted by atomic mass is 10.0. The third-order valence-corrected chi connectivity index (χ3v) is 7.04. The Bertz CT molecular complexity index is 1600. The monoisotopic (exact) mass is 579 g/mol. The Balaban J connectivity index is 1.98. The van der Waals surface area contributed by atoms with Crippen LogP contribution in [0.3, 0.4) is 0 Å². The lowest BCUT2D eigenvalue weighted by molar-refractivity contribution is -0.143. The minimum absolute atomic E-state index is 0.0818. The summed E-state index contributed by atoms with van der Waals surface area (Å²) in [5.74, 6) is -2.37. The van der Waals surface area contributed by atoms with E-state index in [2.05, 4.69) is 20.5 Å². The molecule has 0 aliphatic rings. The standard InChI is InChI=1S/C21H16ClF6N7O2S/c1-4-35-7(2)9(6-30-35)8-5-10(20(23,24)25)31-19-11(8)13(15(38-19)17(29)36)32-18(37)14-12(22)16(21(26,27)28)34(3)33-14/h5-6H,4H2,1-3H3,(H2,29,36)(H,32,37). The van der Waals surface area contributed by atoms with Gasteiger partial charge in [-0.2, -0.15) is 36.5 Å². The number of anilines is 1. The second kappa shape index (κ2) is 9.27. The first kappa shape index (κ1) is 27.4. The number of thiophene rings is 1. The summed E-state index contributed by atoms with van der Waals surface area (Å²) < 4.78 is 83.0. The number of primary amides is 1. The number of rotatable bonds is 5. The van der Waals surface area contributed by atoms with Crippen molar-refractivity contribution >= 4 is 50.7 Å². The number of nitrogens with zero attached hydrogens (tertiary/aromatic N) is 5. The van der Waals surface area contributed by atoms with Crippen molar-refractivity contribution in [3.05, 3.63) is 44.9 Å². The molecule has 2 amide bonds. The average Bonchev–Trinajstić information content (AvgIpc) is 3.44. The van der Waals surface area contributed by atoms with Crippen LogP contribution < -0.4 is 11.1 Å². The van der Waals surface area contributed by atoms with E-state index in [-0.39, 0.29) is 31.9 Å². The van der Waals surface area contributed by atoms with Crippen LogP contribution in [0.4, 0.5) is 32.0 Å². The number of nitrogens with two attached hydrogens (primary N) is 1. The molecule has 4 heterocycles. The number of aryl methyl sites for hydroxylation is 2. The lowest BCUT2D eigenvalue weighted by Crippen LogP contribution is -2.17. The van der Waals surface area contributed by atoms with Crippen molar-refractivity contribution in [1.82, 2.24) is 24.5 Å². The van der Waals surface area contributed by atoms with Gasteiger partial charge in [-0.3, -0.25) is 19.0 Å². The van der Waals surface area contributed by atoms with Gasteiger partial charge in [0.05, 0.1) is 11.9 Å². The van der Waals surface area contributed by atoms with Crippen LogP contribution in [0.2, 0.25) is 5.02 Å². The minimum atomic E-state index is -4.94. The summed E-state index contributed by atoms with van der Waals surface area (Å²) in [5.41, 5.74) is 2.22. The minimum Gasteiger partial charge on any atom is -0.365 e. The maximum absolute atomic E-state index is 13.7. The van der Waals surface area contributed by atoms with Crippen molar-refractivity contribution in [2.75, 3.05) is 5.32 Å². The van der Waals surface area contributed by atoms with E-state index in [1.54, 1.807) is 13.8 Å². The number of halogens is 7. The largest absolute Gasteiger partial charge is 0.434 e. The normalized spacial score (nSPS) is 12.4. The van der Waals surface area contributed by atoms with E-state index in [0.29, 0.717) is 28.3 Å². The molecule has 0 spiro atoms. The summed E-state index contributed by atoms with van der Waals surface area (Å²) in [5, 5.41) is 8.84. The number of amides is 2. The Morgan fingerprint density at radius 3 is 2.32 bits per heavy atom. The number of aromatic nitrogens is 5. The molecule has 17 heteroatoms. The van der Waals surface area contributed by atoms with E-state index in [1.807, 2.05) is 0 Å². The van der Waals surface area contributed by atoms with Gasteiger partial charge in [0.15, 0.2) is 11.4 Å². The number of fused-ring (bicyclic) bond motifs is 1. The fourth-order valence-electron chi connectivity index (χ4n) is 3.90. The third-order valence-electron chi connectivity index (χ3n) is 5.58. The Hall–Kier alpha value is -3.66. The average molecular weight is 580 g/mol. The first-order chi connectivity index (χ1) is 17.6. The van der Waals surface area contributed by atoms with E-state index < -0.39 is 46.3 Å². The predicted octanol–water partition coefficient (Wildman–Crippen LogP) is 5.26. The molecule has 0 aliphatic carbocycles. The number of hydrogen-bond donors (Lipinski definition) is 2. The predicted molar refractivity (Wildman–Crippen MR) is 126 cm³/mol. The van der Waals surface area contributed by atoms with Gasteiger partial charge in [0.25, 0.3) is 11.8 Å². The number of carbonyl (C=O) groups is 2. The van der Waals surface area contributed by atoms with E-state index in [0.717, 1.165) is 13.1 Å². The van der Waals surface area contributed by atoms with Crippen LogP contribution in [0.15, 0.2) is 12.3 Å². The van der Waals surface area contributed by atoms with E-state index in [9.17, 15) is 35.9 Å². The van der Waals surface area contributed by atoms with Gasteiger partial charge in [-0.25, -0.2) is 4.98 Å². The zero-order valence-corrected chi connectivity index (χ0v) is 21.1. The molecule has 0 radical (unpaired) electrons. The van der Waals surface area contributed by atoms with E-state index in [4.69, 9.17) is 17.3 Å². The molecule has 0 saturated carbocycles. The van der Waals surface area contributed by atoms with Crippen molar-refractivity contribution in [3.63, 3.8) is 0 Å². The molecular formula is C21H16ClF6N7O2S. The van der Waals surface area contributed by atoms with Crippen molar-refractivity contribution in [2.24, 2.45) is 12.8 Å². The molecule has 38 heavy (non-hydrogen) atoms. The number of hydrogen-bond acceptors (Lipinski definition) is 6. The molecule has 0 saturated heterocycles. The van der Waals surface area contributed by atoms with Crippen molar-refractivity contribution in [2.45, 2.75) is 32.7 Å². The summed E-state index contributed by atoms with van der Waals surface area (Å²) in [4.78, 5) is 28.2. The lowest BCUT2D eigenvalue weighted by Gasteiger charge is -2.12. The first-order valence-corrected chi connectivity index (χ1v) is 11.7. The van der Waals surface area contributed by atoms with Crippen molar-refractivity contribution in [1.29, 1.82) is 0 Å². The SMILES string of the molecule is CCn1ncc(-c2cc(C(F)(F)F)nc3sc(C(N)=O)c(NC(=O)c4nn(C)c(C(F)(F)F)c4Cl)c23)c1C. The van der Waals surface area contributed by atoms with Crippen LogP contribution in [0.5, 0.6) is 0 Å². The molecule has 0 unspecified atom stereocenters. The Kier molecular flexibility index (Phi) is 6.68. The smallest absolute Gasteiger partial charge is 0.365 e. The number of pyridine rings is 1. The molecule has 0 aromatic carbocycles. The topological polar surface area (TPSA) is 121 Å². The summed E-state index contributed by atoms with van der Waals surface area (Å²) in [6.45, 7) is 3.77. The molecule has 4 aromatic rings. The first-order valence-electron chi connectivity index (χ1n) is 10.5. The maximum atomic E-state index is 13.7. The Labute approximate surface area is 218 Å². The summed E-state index contributed by atoms with van der Waals surface area (Å²) >= 11 is 6.28. The fourth-order valence-corrected chi connectivity index (χ4v) is 5.26. The van der Waals surface area contributed by atoms with Gasteiger partial charge in [-0.15, -0.1) is 11.3 Å². The Morgan fingerprint density at radius 1 is 1.16 bits per heavy atom. The molecule has 3 N–H and O–H groups in total. The van der Waals surface area contributed by atoms with E-state index >= 15 is 0 Å². The molecule has 0 bridgehead atoms. The van der Waals surface area contributed by atoms with E-state index in [1.165, 1.54) is 10.9 Å². The molecule has 9 nitrogen and oxygen atoms in total. The third kappa shape index (κ3) is 4.57. The molecule has 202 valence electrons. The van der Waals surface area contributed by atoms with Gasteiger partial charge in [0, 0.05) is 30.2 Å². The van der Waals surface area contributed by atoms with Crippen molar-refractivity contribution in [3.8, 4) is 11.1 Å². The van der Waals surface area contributed by atoms with Crippen LogP contribution in [-0.2, 0) is 25.9 Å². The zero-order chi connectivity index (χ0) is 28.3. The zero-order valence-electron chi connectivity index (χ0n) is 19.5. The highest BCUT2D eigenvalue weighted by Crippen LogP contribution is 2.45. The summed E-state index contributed by atoms with van der Waals surface area (Å²) in [6, 6.07) is 0.731. The van der Waals surface area contributed by atoms with Crippen molar-refractivity contribution < 1.29 is 35.9 Å². The van der Waals surface area contributed by atoms with Gasteiger partial charge in [-0.1, -0.05) is 11.6 Å². The quantitative estimate of drug-likeness (QED) is 0.312. The second-order valence-corrected chi connectivity index (χ2v) is 9.33. The second-order valence-electron chi connectivity index (χ2n) is 7.95. The highest BCUT2D eigenvalue weighted by atomic mass is 35.5. The van der Waals surface area contributed by atoms with Gasteiger partial charge in [-0.05, 0) is 25.5 Å². The van der Waals surface area contributed by atoms with Crippen LogP contribution >= 0.6 is 22.9 Å². The maximum Gasteiger partial charge on any atom is 0.434 e. The molecule has 0 atom stereocenters. The van der Waals surface area contributed by atoms with Crippen LogP contribution in [0.25, 0.3) is 21.3 Å². The summed E-state index contributed by atoms with van der Waals surface area (Å²) in [7, 11) is 0.926. The highest BCUT2D eigenvalue weighted by molar-refractivity contribution is 7.21. The summed E-state index contributed by atoms with van der Waals surface area (Å²) in [6.07, 6.45) is -8.49. The number of alkyl halides is 6. The van der Waals surface area contributed by atoms with Gasteiger partial charge in [0.1, 0.15) is 20.4 Å². The van der Waals surface area contributed by atoms with Gasteiger partial charge < -0.3 is 11.1 Å². The molecule has 0 aliphatic heterocycles. The van der Waals surface area contributed by atoms with Crippen LogP contribution in [-0.4, -0.2) is 36.4 Å². The van der Waals surface area contributed by atoms with Crippen LogP contribution in [0, 0.1) is 6.92 Å².